The maximum Gasteiger partial charge on any atom is 0.329 e. The fourth-order valence-corrected chi connectivity index (χ4v) is 1.72. The third-order valence-corrected chi connectivity index (χ3v) is 3.43. The summed E-state index contributed by atoms with van der Waals surface area (Å²) in [6.45, 7) is 3.03. The average molecular weight is 335 g/mol. The Morgan fingerprint density at radius 1 is 1.63 bits per heavy atom. The SMILES string of the molecule is CCC(C)(Nc1cc(Br)c(F)cc1[N+](=O)[O-])C(=O)O. The van der Waals surface area contributed by atoms with Gasteiger partial charge in [-0.25, -0.2) is 9.18 Å². The summed E-state index contributed by atoms with van der Waals surface area (Å²) in [6, 6.07) is 1.90. The molecule has 2 N–H and O–H groups in total. The van der Waals surface area contributed by atoms with Crippen LogP contribution in [0.15, 0.2) is 16.6 Å². The summed E-state index contributed by atoms with van der Waals surface area (Å²) in [5.74, 6) is -1.93. The third-order valence-electron chi connectivity index (χ3n) is 2.82. The summed E-state index contributed by atoms with van der Waals surface area (Å²) >= 11 is 2.91. The van der Waals surface area contributed by atoms with Gasteiger partial charge in [0, 0.05) is 0 Å². The molecule has 0 aliphatic carbocycles. The van der Waals surface area contributed by atoms with E-state index in [0.717, 1.165) is 12.1 Å². The van der Waals surface area contributed by atoms with Gasteiger partial charge in [-0.1, -0.05) is 6.92 Å². The van der Waals surface area contributed by atoms with Crippen molar-refractivity contribution in [3.63, 3.8) is 0 Å². The fraction of sp³-hybridized carbons (Fsp3) is 0.364. The molecule has 6 nitrogen and oxygen atoms in total. The van der Waals surface area contributed by atoms with Crippen LogP contribution in [0.1, 0.15) is 20.3 Å². The second-order valence-corrected chi connectivity index (χ2v) is 5.01. The minimum absolute atomic E-state index is 0.0180. The van der Waals surface area contributed by atoms with E-state index < -0.39 is 27.9 Å². The second-order valence-electron chi connectivity index (χ2n) is 4.16. The highest BCUT2D eigenvalue weighted by Crippen LogP contribution is 2.33. The highest BCUT2D eigenvalue weighted by atomic mass is 79.9. The summed E-state index contributed by atoms with van der Waals surface area (Å²) in [6.07, 6.45) is 0.203. The maximum atomic E-state index is 13.3. The van der Waals surface area contributed by atoms with Crippen molar-refractivity contribution in [2.24, 2.45) is 0 Å². The lowest BCUT2D eigenvalue weighted by molar-refractivity contribution is -0.384. The van der Waals surface area contributed by atoms with Crippen LogP contribution in [0.4, 0.5) is 15.8 Å². The molecule has 0 aliphatic rings. The number of anilines is 1. The lowest BCUT2D eigenvalue weighted by Gasteiger charge is -2.25. The number of hydrogen-bond donors (Lipinski definition) is 2. The number of halogens is 2. The first-order valence-electron chi connectivity index (χ1n) is 5.36. The summed E-state index contributed by atoms with van der Waals surface area (Å²) in [5, 5.41) is 22.6. The van der Waals surface area contributed by atoms with Crippen LogP contribution in [-0.4, -0.2) is 21.5 Å². The Labute approximate surface area is 116 Å². The monoisotopic (exact) mass is 334 g/mol. The molecule has 1 aromatic carbocycles. The molecule has 19 heavy (non-hydrogen) atoms. The molecule has 0 fully saturated rings. The van der Waals surface area contributed by atoms with Gasteiger partial charge < -0.3 is 10.4 Å². The molecule has 0 saturated heterocycles. The van der Waals surface area contributed by atoms with Crippen LogP contribution >= 0.6 is 15.9 Å². The molecule has 0 aromatic heterocycles. The number of carboxylic acids is 1. The molecule has 0 spiro atoms. The first-order valence-corrected chi connectivity index (χ1v) is 6.15. The van der Waals surface area contributed by atoms with Crippen molar-refractivity contribution in [2.75, 3.05) is 5.32 Å². The molecule has 0 radical (unpaired) electrons. The topological polar surface area (TPSA) is 92.5 Å². The van der Waals surface area contributed by atoms with Gasteiger partial charge in [0.05, 0.1) is 15.5 Å². The molecule has 0 saturated carbocycles. The van der Waals surface area contributed by atoms with E-state index >= 15 is 0 Å². The molecule has 0 aliphatic heterocycles. The van der Waals surface area contributed by atoms with Crippen molar-refractivity contribution in [1.82, 2.24) is 0 Å². The Morgan fingerprint density at radius 3 is 2.63 bits per heavy atom. The van der Waals surface area contributed by atoms with Crippen LogP contribution in [0.25, 0.3) is 0 Å². The van der Waals surface area contributed by atoms with E-state index in [1.807, 2.05) is 0 Å². The van der Waals surface area contributed by atoms with E-state index in [9.17, 15) is 19.3 Å². The Kier molecular flexibility index (Phi) is 4.46. The number of carbonyl (C=O) groups is 1. The first-order chi connectivity index (χ1) is 8.71. The van der Waals surface area contributed by atoms with E-state index in [0.29, 0.717) is 0 Å². The molecular weight excluding hydrogens is 323 g/mol. The number of benzene rings is 1. The minimum atomic E-state index is -1.37. The zero-order valence-electron chi connectivity index (χ0n) is 10.2. The van der Waals surface area contributed by atoms with Crippen LogP contribution in [-0.2, 0) is 4.79 Å². The van der Waals surface area contributed by atoms with E-state index in [4.69, 9.17) is 5.11 Å². The largest absolute Gasteiger partial charge is 0.480 e. The van der Waals surface area contributed by atoms with Gasteiger partial charge in [-0.05, 0) is 35.3 Å². The molecular formula is C11H12BrFN2O4. The number of nitro benzene ring substituents is 1. The zero-order chi connectivity index (χ0) is 14.8. The van der Waals surface area contributed by atoms with Crippen LogP contribution in [0.3, 0.4) is 0 Å². The van der Waals surface area contributed by atoms with Gasteiger partial charge >= 0.3 is 5.97 Å². The van der Waals surface area contributed by atoms with Crippen LogP contribution in [0.5, 0.6) is 0 Å². The number of nitrogens with one attached hydrogen (secondary N) is 1. The van der Waals surface area contributed by atoms with Crippen LogP contribution < -0.4 is 5.32 Å². The number of carboxylic acid groups (broad SMARTS) is 1. The molecule has 1 unspecified atom stereocenters. The average Bonchev–Trinajstić information content (AvgIpc) is 2.32. The Balaban J connectivity index is 3.30. The molecule has 8 heteroatoms. The van der Waals surface area contributed by atoms with Crippen LogP contribution in [0, 0.1) is 15.9 Å². The van der Waals surface area contributed by atoms with Gasteiger partial charge in [-0.15, -0.1) is 0 Å². The van der Waals surface area contributed by atoms with Gasteiger partial charge in [0.1, 0.15) is 17.0 Å². The van der Waals surface area contributed by atoms with Gasteiger partial charge in [-0.3, -0.25) is 10.1 Å². The van der Waals surface area contributed by atoms with Crippen molar-refractivity contribution in [3.05, 3.63) is 32.5 Å². The van der Waals surface area contributed by atoms with Crippen molar-refractivity contribution in [1.29, 1.82) is 0 Å². The van der Waals surface area contributed by atoms with Gasteiger partial charge in [-0.2, -0.15) is 0 Å². The number of nitro groups is 1. The predicted molar refractivity (Wildman–Crippen MR) is 70.7 cm³/mol. The van der Waals surface area contributed by atoms with Crippen molar-refractivity contribution in [3.8, 4) is 0 Å². The van der Waals surface area contributed by atoms with Crippen LogP contribution in [0.2, 0.25) is 0 Å². The lowest BCUT2D eigenvalue weighted by Crippen LogP contribution is -2.42. The van der Waals surface area contributed by atoms with Gasteiger partial charge in [0.25, 0.3) is 5.69 Å². The first kappa shape index (κ1) is 15.4. The third kappa shape index (κ3) is 3.19. The van der Waals surface area contributed by atoms with E-state index in [1.165, 1.54) is 6.92 Å². The smallest absolute Gasteiger partial charge is 0.329 e. The number of nitrogens with zero attached hydrogens (tertiary/aromatic N) is 1. The van der Waals surface area contributed by atoms with Crippen molar-refractivity contribution < 1.29 is 19.2 Å². The summed E-state index contributed by atoms with van der Waals surface area (Å²) in [5.41, 5.74) is -1.94. The molecule has 104 valence electrons. The molecule has 0 heterocycles. The lowest BCUT2D eigenvalue weighted by atomic mass is 9.98. The molecule has 1 atom stereocenters. The Hall–Kier alpha value is -1.70. The van der Waals surface area contributed by atoms with E-state index in [1.54, 1.807) is 6.92 Å². The highest BCUT2D eigenvalue weighted by Gasteiger charge is 2.33. The Bertz CT molecular complexity index is 538. The highest BCUT2D eigenvalue weighted by molar-refractivity contribution is 9.10. The standard InChI is InChI=1S/C11H12BrFN2O4/c1-3-11(2,10(16)17)14-8-4-6(12)7(13)5-9(8)15(18)19/h4-5,14H,3H2,1-2H3,(H,16,17). The van der Waals surface area contributed by atoms with Gasteiger partial charge in [0.15, 0.2) is 0 Å². The Morgan fingerprint density at radius 2 is 2.21 bits per heavy atom. The molecule has 1 rings (SSSR count). The summed E-state index contributed by atoms with van der Waals surface area (Å²) < 4.78 is 13.3. The predicted octanol–water partition coefficient (Wildman–Crippen LogP) is 3.16. The van der Waals surface area contributed by atoms with E-state index in [-0.39, 0.29) is 16.6 Å². The summed E-state index contributed by atoms with van der Waals surface area (Å²) in [7, 11) is 0. The van der Waals surface area contributed by atoms with Gasteiger partial charge in [0.2, 0.25) is 0 Å². The zero-order valence-corrected chi connectivity index (χ0v) is 11.8. The molecule has 0 bridgehead atoms. The second kappa shape index (κ2) is 5.52. The van der Waals surface area contributed by atoms with Crippen molar-refractivity contribution in [2.45, 2.75) is 25.8 Å². The maximum absolute atomic E-state index is 13.3. The fourth-order valence-electron chi connectivity index (χ4n) is 1.38. The number of rotatable bonds is 5. The molecule has 1 aromatic rings. The summed E-state index contributed by atoms with van der Waals surface area (Å²) in [4.78, 5) is 21.3. The molecule has 0 amide bonds. The quantitative estimate of drug-likeness (QED) is 0.637. The minimum Gasteiger partial charge on any atom is -0.480 e. The van der Waals surface area contributed by atoms with Crippen molar-refractivity contribution >= 4 is 33.3 Å². The normalized spacial score (nSPS) is 13.7. The number of hydrogen-bond acceptors (Lipinski definition) is 4. The van der Waals surface area contributed by atoms with E-state index in [2.05, 4.69) is 21.2 Å². The number of aliphatic carboxylic acids is 1.